The summed E-state index contributed by atoms with van der Waals surface area (Å²) in [6.07, 6.45) is 6.14. The number of para-hydroxylation sites is 2. The molecular formula is C26H31N3O4. The van der Waals surface area contributed by atoms with E-state index in [2.05, 4.69) is 9.97 Å². The van der Waals surface area contributed by atoms with Gasteiger partial charge >= 0.3 is 5.97 Å². The van der Waals surface area contributed by atoms with Gasteiger partial charge in [0.1, 0.15) is 12.6 Å². The molecule has 1 aliphatic heterocycles. The average molecular weight is 450 g/mol. The Labute approximate surface area is 193 Å². The number of aromatic nitrogens is 2. The van der Waals surface area contributed by atoms with Crippen LogP contribution >= 0.6 is 0 Å². The number of amides is 1. The van der Waals surface area contributed by atoms with Gasteiger partial charge in [-0.05, 0) is 75.3 Å². The van der Waals surface area contributed by atoms with Crippen molar-refractivity contribution in [1.82, 2.24) is 14.9 Å². The maximum atomic E-state index is 13.8. The molecule has 33 heavy (non-hydrogen) atoms. The second kappa shape index (κ2) is 7.76. The van der Waals surface area contributed by atoms with Crippen LogP contribution in [0.5, 0.6) is 0 Å². The van der Waals surface area contributed by atoms with Gasteiger partial charge in [-0.15, -0.1) is 0 Å². The molecule has 2 heterocycles. The van der Waals surface area contributed by atoms with Crippen LogP contribution in [0.2, 0.25) is 0 Å². The monoisotopic (exact) mass is 449 g/mol. The Morgan fingerprint density at radius 2 is 1.64 bits per heavy atom. The quantitative estimate of drug-likeness (QED) is 0.721. The molecule has 7 nitrogen and oxygen atoms in total. The van der Waals surface area contributed by atoms with Crippen molar-refractivity contribution in [2.45, 2.75) is 70.6 Å². The van der Waals surface area contributed by atoms with E-state index >= 15 is 0 Å². The minimum Gasteiger partial charge on any atom is -0.458 e. The zero-order valence-corrected chi connectivity index (χ0v) is 19.1. The van der Waals surface area contributed by atoms with Crippen molar-refractivity contribution in [3.05, 3.63) is 35.7 Å². The SMILES string of the molecule is Cc1nc2ccccc2nc1COC(=O)[C@H]1C[C@H](O)CN1C(=O)C12CC3CC(CC(C3)C1)C2. The third-order valence-electron chi connectivity index (χ3n) is 8.50. The lowest BCUT2D eigenvalue weighted by molar-refractivity contribution is -0.166. The number of hydrogen-bond acceptors (Lipinski definition) is 6. The number of benzene rings is 1. The second-order valence-electron chi connectivity index (χ2n) is 10.9. The molecule has 5 fully saturated rings. The molecule has 1 N–H and O–H groups in total. The van der Waals surface area contributed by atoms with E-state index in [0.29, 0.717) is 23.4 Å². The molecule has 174 valence electrons. The molecule has 2 atom stereocenters. The van der Waals surface area contributed by atoms with E-state index < -0.39 is 18.1 Å². The first-order valence-corrected chi connectivity index (χ1v) is 12.3. The van der Waals surface area contributed by atoms with Crippen LogP contribution in [0.3, 0.4) is 0 Å². The number of esters is 1. The van der Waals surface area contributed by atoms with Crippen molar-refractivity contribution >= 4 is 22.9 Å². The van der Waals surface area contributed by atoms with E-state index in [1.807, 2.05) is 31.2 Å². The third-order valence-corrected chi connectivity index (χ3v) is 8.50. The molecule has 1 saturated heterocycles. The highest BCUT2D eigenvalue weighted by molar-refractivity contribution is 5.89. The summed E-state index contributed by atoms with van der Waals surface area (Å²) >= 11 is 0. The molecule has 4 saturated carbocycles. The molecule has 1 aromatic carbocycles. The van der Waals surface area contributed by atoms with Crippen LogP contribution in [-0.4, -0.2) is 50.5 Å². The Kier molecular flexibility index (Phi) is 4.94. The number of hydrogen-bond donors (Lipinski definition) is 1. The normalized spacial score (nSPS) is 34.7. The van der Waals surface area contributed by atoms with Crippen molar-refractivity contribution in [2.75, 3.05) is 6.54 Å². The molecule has 4 bridgehead atoms. The predicted molar refractivity (Wildman–Crippen MR) is 121 cm³/mol. The van der Waals surface area contributed by atoms with Gasteiger partial charge in [-0.2, -0.15) is 0 Å². The number of carbonyl (C=O) groups excluding carboxylic acids is 2. The number of rotatable bonds is 4. The molecule has 0 radical (unpaired) electrons. The van der Waals surface area contributed by atoms with Crippen LogP contribution in [-0.2, 0) is 20.9 Å². The first-order chi connectivity index (χ1) is 15.9. The summed E-state index contributed by atoms with van der Waals surface area (Å²) in [7, 11) is 0. The summed E-state index contributed by atoms with van der Waals surface area (Å²) in [6, 6.07) is 6.87. The van der Waals surface area contributed by atoms with Crippen LogP contribution in [0.25, 0.3) is 11.0 Å². The van der Waals surface area contributed by atoms with Crippen LogP contribution in [0.1, 0.15) is 56.3 Å². The fourth-order valence-electron chi connectivity index (χ4n) is 7.44. The third kappa shape index (κ3) is 3.61. The molecule has 1 aromatic heterocycles. The minimum atomic E-state index is -0.728. The standard InChI is InChI=1S/C26H31N3O4/c1-15-22(28-21-5-3-2-4-20(21)27-15)14-33-24(31)23-9-19(30)13-29(23)25(32)26-10-16-6-17(11-26)8-18(7-16)12-26/h2-5,16-19,23,30H,6-14H2,1H3/t16?,17?,18?,19-,23+,26?/m0/s1. The lowest BCUT2D eigenvalue weighted by Gasteiger charge is -2.56. The van der Waals surface area contributed by atoms with Crippen LogP contribution in [0.15, 0.2) is 24.3 Å². The van der Waals surface area contributed by atoms with Gasteiger partial charge in [0, 0.05) is 13.0 Å². The highest BCUT2D eigenvalue weighted by Gasteiger charge is 2.57. The Morgan fingerprint density at radius 3 is 2.27 bits per heavy atom. The Hall–Kier alpha value is -2.54. The molecule has 5 aliphatic rings. The Morgan fingerprint density at radius 1 is 1.03 bits per heavy atom. The van der Waals surface area contributed by atoms with Crippen LogP contribution in [0, 0.1) is 30.1 Å². The maximum Gasteiger partial charge on any atom is 0.329 e. The molecule has 7 heteroatoms. The van der Waals surface area contributed by atoms with Crippen LogP contribution in [0.4, 0.5) is 0 Å². The summed E-state index contributed by atoms with van der Waals surface area (Å²) in [5.74, 6) is 1.55. The first kappa shape index (κ1) is 21.0. The molecule has 0 spiro atoms. The molecule has 0 unspecified atom stereocenters. The smallest absolute Gasteiger partial charge is 0.329 e. The Balaban J connectivity index is 1.18. The summed E-state index contributed by atoms with van der Waals surface area (Å²) in [5.41, 5.74) is 2.55. The van der Waals surface area contributed by atoms with E-state index in [9.17, 15) is 14.7 Å². The van der Waals surface area contributed by atoms with E-state index in [4.69, 9.17) is 4.74 Å². The number of carbonyl (C=O) groups is 2. The number of nitrogens with zero attached hydrogens (tertiary/aromatic N) is 3. The molecular weight excluding hydrogens is 418 g/mol. The average Bonchev–Trinajstić information content (AvgIpc) is 3.17. The van der Waals surface area contributed by atoms with Gasteiger partial charge in [0.15, 0.2) is 0 Å². The summed E-state index contributed by atoms with van der Waals surface area (Å²) in [4.78, 5) is 37.7. The van der Waals surface area contributed by atoms with Crippen molar-refractivity contribution in [3.63, 3.8) is 0 Å². The number of likely N-dealkylation sites (tertiary alicyclic amines) is 1. The lowest BCUT2D eigenvalue weighted by atomic mass is 9.49. The number of β-amino-alcohol motifs (C(OH)–C–C–N with tert-alkyl or cyclic N) is 1. The van der Waals surface area contributed by atoms with Crippen molar-refractivity contribution in [1.29, 1.82) is 0 Å². The van der Waals surface area contributed by atoms with Gasteiger partial charge in [-0.3, -0.25) is 4.79 Å². The van der Waals surface area contributed by atoms with E-state index in [1.54, 1.807) is 4.90 Å². The topological polar surface area (TPSA) is 92.6 Å². The number of ether oxygens (including phenoxy) is 1. The zero-order chi connectivity index (χ0) is 22.7. The fourth-order valence-corrected chi connectivity index (χ4v) is 7.44. The predicted octanol–water partition coefficient (Wildman–Crippen LogP) is 3.16. The number of aliphatic hydroxyl groups is 1. The van der Waals surface area contributed by atoms with Crippen LogP contribution < -0.4 is 0 Å². The van der Waals surface area contributed by atoms with Gasteiger partial charge in [0.2, 0.25) is 5.91 Å². The second-order valence-corrected chi connectivity index (χ2v) is 10.9. The van der Waals surface area contributed by atoms with Gasteiger partial charge in [-0.1, -0.05) is 12.1 Å². The van der Waals surface area contributed by atoms with Gasteiger partial charge in [0.25, 0.3) is 0 Å². The summed E-state index contributed by atoms with van der Waals surface area (Å²) in [5, 5.41) is 10.4. The first-order valence-electron chi connectivity index (χ1n) is 12.3. The van der Waals surface area contributed by atoms with E-state index in [0.717, 1.165) is 36.0 Å². The summed E-state index contributed by atoms with van der Waals surface area (Å²) in [6.45, 7) is 2.08. The van der Waals surface area contributed by atoms with Crippen molar-refractivity contribution in [2.24, 2.45) is 23.2 Å². The molecule has 2 aromatic rings. The molecule has 4 aliphatic carbocycles. The van der Waals surface area contributed by atoms with Crippen molar-refractivity contribution in [3.8, 4) is 0 Å². The zero-order valence-electron chi connectivity index (χ0n) is 19.1. The summed E-state index contributed by atoms with van der Waals surface area (Å²) < 4.78 is 5.64. The molecule has 7 rings (SSSR count). The van der Waals surface area contributed by atoms with Gasteiger partial charge < -0.3 is 14.7 Å². The van der Waals surface area contributed by atoms with E-state index in [-0.39, 0.29) is 30.9 Å². The minimum absolute atomic E-state index is 0.00842. The molecule has 1 amide bonds. The largest absolute Gasteiger partial charge is 0.458 e. The maximum absolute atomic E-state index is 13.8. The van der Waals surface area contributed by atoms with Crippen molar-refractivity contribution < 1.29 is 19.4 Å². The van der Waals surface area contributed by atoms with Gasteiger partial charge in [-0.25, -0.2) is 14.8 Å². The Bertz CT molecular complexity index is 1080. The van der Waals surface area contributed by atoms with Gasteiger partial charge in [0.05, 0.1) is 33.9 Å². The number of fused-ring (bicyclic) bond motifs is 1. The number of aliphatic hydroxyl groups excluding tert-OH is 1. The highest BCUT2D eigenvalue weighted by atomic mass is 16.5. The fraction of sp³-hybridized carbons (Fsp3) is 0.615. The highest BCUT2D eigenvalue weighted by Crippen LogP contribution is 2.60. The lowest BCUT2D eigenvalue weighted by Crippen LogP contribution is -2.56. The van der Waals surface area contributed by atoms with E-state index in [1.165, 1.54) is 19.3 Å². The number of aryl methyl sites for hydroxylation is 1.